The minimum atomic E-state index is -0.0845. The van der Waals surface area contributed by atoms with Crippen LogP contribution < -0.4 is 10.6 Å². The van der Waals surface area contributed by atoms with E-state index in [1.807, 2.05) is 50.2 Å². The molecule has 1 saturated heterocycles. The number of anilines is 1. The Hall–Kier alpha value is -3.19. The molecule has 6 nitrogen and oxygen atoms in total. The second-order valence-corrected chi connectivity index (χ2v) is 8.78. The van der Waals surface area contributed by atoms with Gasteiger partial charge >= 0.3 is 0 Å². The lowest BCUT2D eigenvalue weighted by Gasteiger charge is -2.28. The minimum Gasteiger partial charge on any atom is -0.352 e. The third kappa shape index (κ3) is 4.39. The number of nitrogens with one attached hydrogen (secondary N) is 2. The first-order valence-electron chi connectivity index (χ1n) is 10.8. The lowest BCUT2D eigenvalue weighted by atomic mass is 10.0. The van der Waals surface area contributed by atoms with E-state index in [0.717, 1.165) is 28.2 Å². The predicted molar refractivity (Wildman–Crippen MR) is 131 cm³/mol. The van der Waals surface area contributed by atoms with Gasteiger partial charge in [0.2, 0.25) is 5.91 Å². The average molecular weight is 448 g/mol. The predicted octanol–water partition coefficient (Wildman–Crippen LogP) is 4.35. The second kappa shape index (κ2) is 9.12. The summed E-state index contributed by atoms with van der Waals surface area (Å²) in [4.78, 5) is 19.5. The summed E-state index contributed by atoms with van der Waals surface area (Å²) < 4.78 is 2.18. The molecule has 0 aliphatic carbocycles. The van der Waals surface area contributed by atoms with Gasteiger partial charge in [0.25, 0.3) is 0 Å². The van der Waals surface area contributed by atoms with Gasteiger partial charge in [-0.3, -0.25) is 9.78 Å². The third-order valence-corrected chi connectivity index (χ3v) is 6.51. The van der Waals surface area contributed by atoms with Crippen LogP contribution >= 0.6 is 12.2 Å². The summed E-state index contributed by atoms with van der Waals surface area (Å²) in [5.41, 5.74) is 6.27. The standard InChI is InChI=1S/C25H29N5OS/c1-16-8-9-17(2)20(15-16)27-22(31)12-14-30-24(21-11-10-18(3)29(21)4)23(28-25(30)32)19-7-5-6-13-26-19/h5-11,13,15,23-24H,12,14H2,1-4H3,(H,27,31)(H,28,32)/t23-,24-/m0/s1. The topological polar surface area (TPSA) is 62.2 Å². The van der Waals surface area contributed by atoms with Crippen molar-refractivity contribution in [2.24, 2.45) is 7.05 Å². The highest BCUT2D eigenvalue weighted by Crippen LogP contribution is 2.39. The van der Waals surface area contributed by atoms with Gasteiger partial charge < -0.3 is 20.1 Å². The maximum absolute atomic E-state index is 12.8. The summed E-state index contributed by atoms with van der Waals surface area (Å²) in [5.74, 6) is -0.0235. The Bertz CT molecular complexity index is 1140. The van der Waals surface area contributed by atoms with Gasteiger partial charge in [0.1, 0.15) is 0 Å². The molecule has 3 heterocycles. The summed E-state index contributed by atoms with van der Waals surface area (Å²) in [5, 5.41) is 7.14. The molecule has 2 atom stereocenters. The van der Waals surface area contributed by atoms with Crippen molar-refractivity contribution in [2.75, 3.05) is 11.9 Å². The lowest BCUT2D eigenvalue weighted by Crippen LogP contribution is -2.33. The zero-order valence-corrected chi connectivity index (χ0v) is 19.7. The summed E-state index contributed by atoms with van der Waals surface area (Å²) in [7, 11) is 2.06. The molecule has 0 saturated carbocycles. The fraction of sp³-hybridized carbons (Fsp3) is 0.320. The molecule has 3 aromatic rings. The number of hydrogen-bond acceptors (Lipinski definition) is 3. The number of pyridine rings is 1. The van der Waals surface area contributed by atoms with Gasteiger partial charge in [0.15, 0.2) is 5.11 Å². The average Bonchev–Trinajstić information content (AvgIpc) is 3.28. The van der Waals surface area contributed by atoms with Gasteiger partial charge in [-0.1, -0.05) is 18.2 Å². The van der Waals surface area contributed by atoms with Crippen LogP contribution in [0, 0.1) is 20.8 Å². The molecule has 0 bridgehead atoms. The number of aryl methyl sites for hydroxylation is 3. The molecular formula is C25H29N5OS. The first kappa shape index (κ1) is 22.0. The third-order valence-electron chi connectivity index (χ3n) is 6.16. The van der Waals surface area contributed by atoms with Gasteiger partial charge in [0.05, 0.1) is 17.8 Å². The maximum atomic E-state index is 12.8. The highest BCUT2D eigenvalue weighted by molar-refractivity contribution is 7.80. The van der Waals surface area contributed by atoms with Gasteiger partial charge in [-0.05, 0) is 74.4 Å². The molecule has 0 radical (unpaired) electrons. The Morgan fingerprint density at radius 2 is 1.97 bits per heavy atom. The molecule has 166 valence electrons. The molecule has 2 aromatic heterocycles. The molecule has 0 unspecified atom stereocenters. The Morgan fingerprint density at radius 1 is 1.16 bits per heavy atom. The number of thiocarbonyl (C=S) groups is 1. The van der Waals surface area contributed by atoms with E-state index < -0.39 is 0 Å². The largest absolute Gasteiger partial charge is 0.352 e. The minimum absolute atomic E-state index is 0.0235. The zero-order valence-electron chi connectivity index (χ0n) is 18.9. The number of nitrogens with zero attached hydrogens (tertiary/aromatic N) is 3. The highest BCUT2D eigenvalue weighted by Gasteiger charge is 2.41. The monoisotopic (exact) mass is 447 g/mol. The van der Waals surface area contributed by atoms with E-state index in [0.29, 0.717) is 18.1 Å². The number of carbonyl (C=O) groups is 1. The Kier molecular flexibility index (Phi) is 6.28. The van der Waals surface area contributed by atoms with Gasteiger partial charge in [-0.25, -0.2) is 0 Å². The van der Waals surface area contributed by atoms with E-state index in [2.05, 4.69) is 51.2 Å². The summed E-state index contributed by atoms with van der Waals surface area (Å²) in [6.45, 7) is 6.62. The molecule has 1 aliphatic rings. The van der Waals surface area contributed by atoms with Gasteiger partial charge in [0, 0.05) is 43.3 Å². The summed E-state index contributed by atoms with van der Waals surface area (Å²) in [6.07, 6.45) is 2.14. The molecule has 0 spiro atoms. The van der Waals surface area contributed by atoms with Crippen molar-refractivity contribution in [1.29, 1.82) is 0 Å². The van der Waals surface area contributed by atoms with E-state index in [9.17, 15) is 4.79 Å². The van der Waals surface area contributed by atoms with E-state index in [4.69, 9.17) is 12.2 Å². The van der Waals surface area contributed by atoms with E-state index in [-0.39, 0.29) is 18.0 Å². The van der Waals surface area contributed by atoms with Crippen molar-refractivity contribution in [1.82, 2.24) is 19.8 Å². The zero-order chi connectivity index (χ0) is 22.8. The Balaban J connectivity index is 1.56. The van der Waals surface area contributed by atoms with Gasteiger partial charge in [-0.2, -0.15) is 0 Å². The van der Waals surface area contributed by atoms with Crippen LogP contribution in [0.3, 0.4) is 0 Å². The molecule has 32 heavy (non-hydrogen) atoms. The molecule has 2 N–H and O–H groups in total. The first-order chi connectivity index (χ1) is 15.3. The van der Waals surface area contributed by atoms with Crippen molar-refractivity contribution in [3.63, 3.8) is 0 Å². The SMILES string of the molecule is Cc1ccc(C)c(NC(=O)CCN2C(=S)N[C@@H](c3ccccn3)[C@@H]2c2ccc(C)n2C)c1. The quantitative estimate of drug-likeness (QED) is 0.550. The van der Waals surface area contributed by atoms with Crippen molar-refractivity contribution >= 4 is 28.9 Å². The lowest BCUT2D eigenvalue weighted by molar-refractivity contribution is -0.116. The van der Waals surface area contributed by atoms with Crippen LogP contribution in [0.25, 0.3) is 0 Å². The van der Waals surface area contributed by atoms with Crippen LogP contribution in [0.15, 0.2) is 54.7 Å². The summed E-state index contributed by atoms with van der Waals surface area (Å²) >= 11 is 5.71. The van der Waals surface area contributed by atoms with Crippen LogP contribution in [0.4, 0.5) is 5.69 Å². The fourth-order valence-electron chi connectivity index (χ4n) is 4.20. The number of carbonyl (C=O) groups excluding carboxylic acids is 1. The van der Waals surface area contributed by atoms with Crippen molar-refractivity contribution in [3.8, 4) is 0 Å². The highest BCUT2D eigenvalue weighted by atomic mass is 32.1. The number of rotatable bonds is 6. The molecule has 1 aliphatic heterocycles. The molecule has 4 rings (SSSR count). The number of amides is 1. The number of hydrogen-bond donors (Lipinski definition) is 2. The Morgan fingerprint density at radius 3 is 2.66 bits per heavy atom. The maximum Gasteiger partial charge on any atom is 0.226 e. The van der Waals surface area contributed by atoms with Crippen LogP contribution in [0.5, 0.6) is 0 Å². The number of benzene rings is 1. The van der Waals surface area contributed by atoms with Crippen LogP contribution in [-0.2, 0) is 11.8 Å². The molecule has 1 amide bonds. The number of aromatic nitrogens is 2. The van der Waals surface area contributed by atoms with Gasteiger partial charge in [-0.15, -0.1) is 0 Å². The van der Waals surface area contributed by atoms with E-state index in [1.165, 1.54) is 5.69 Å². The van der Waals surface area contributed by atoms with Crippen LogP contribution in [0.1, 0.15) is 46.7 Å². The molecular weight excluding hydrogens is 418 g/mol. The first-order valence-corrected chi connectivity index (χ1v) is 11.2. The van der Waals surface area contributed by atoms with E-state index in [1.54, 1.807) is 6.20 Å². The molecule has 7 heteroatoms. The van der Waals surface area contributed by atoms with Crippen molar-refractivity contribution < 1.29 is 4.79 Å². The molecule has 1 fully saturated rings. The van der Waals surface area contributed by atoms with E-state index >= 15 is 0 Å². The van der Waals surface area contributed by atoms with Crippen LogP contribution in [-0.4, -0.2) is 32.0 Å². The van der Waals surface area contributed by atoms with Crippen molar-refractivity contribution in [2.45, 2.75) is 39.3 Å². The normalized spacial score (nSPS) is 18.0. The smallest absolute Gasteiger partial charge is 0.226 e. The Labute approximate surface area is 194 Å². The molecule has 1 aromatic carbocycles. The second-order valence-electron chi connectivity index (χ2n) is 8.40. The summed E-state index contributed by atoms with van der Waals surface area (Å²) in [6, 6.07) is 16.1. The van der Waals surface area contributed by atoms with Crippen molar-refractivity contribution in [3.05, 3.63) is 82.9 Å². The fourth-order valence-corrected chi connectivity index (χ4v) is 4.54. The van der Waals surface area contributed by atoms with Crippen LogP contribution in [0.2, 0.25) is 0 Å².